The number of hydrogen-bond donors (Lipinski definition) is 1. The molecule has 1 fully saturated rings. The van der Waals surface area contributed by atoms with E-state index in [1.54, 1.807) is 0 Å². The van der Waals surface area contributed by atoms with Crippen molar-refractivity contribution in [3.63, 3.8) is 0 Å². The lowest BCUT2D eigenvalue weighted by molar-refractivity contribution is 0.167. The first-order valence-electron chi connectivity index (χ1n) is 6.73. The third kappa shape index (κ3) is 2.99. The summed E-state index contributed by atoms with van der Waals surface area (Å²) in [4.78, 5) is 2.46. The van der Waals surface area contributed by atoms with Crippen LogP contribution in [0.15, 0.2) is 24.3 Å². The van der Waals surface area contributed by atoms with Crippen LogP contribution in [0.3, 0.4) is 0 Å². The number of anilines is 1. The molecule has 3 heteroatoms. The third-order valence-corrected chi connectivity index (χ3v) is 4.41. The molecule has 0 bridgehead atoms. The fourth-order valence-electron chi connectivity index (χ4n) is 3.01. The highest BCUT2D eigenvalue weighted by Gasteiger charge is 2.35. The van der Waals surface area contributed by atoms with Gasteiger partial charge in [0, 0.05) is 23.8 Å². The smallest absolute Gasteiger partial charge is 0.0407 e. The van der Waals surface area contributed by atoms with E-state index in [9.17, 15) is 0 Å². The summed E-state index contributed by atoms with van der Waals surface area (Å²) in [7, 11) is 0. The lowest BCUT2D eigenvalue weighted by atomic mass is 9.72. The Bertz CT molecular complexity index is 386. The van der Waals surface area contributed by atoms with E-state index in [1.807, 2.05) is 12.1 Å². The van der Waals surface area contributed by atoms with Gasteiger partial charge in [0.2, 0.25) is 0 Å². The van der Waals surface area contributed by atoms with Gasteiger partial charge >= 0.3 is 0 Å². The number of piperidine rings is 1. The van der Waals surface area contributed by atoms with Gasteiger partial charge in [-0.2, -0.15) is 0 Å². The first kappa shape index (κ1) is 13.7. The number of rotatable bonds is 3. The quantitative estimate of drug-likeness (QED) is 0.907. The van der Waals surface area contributed by atoms with Gasteiger partial charge in [0.1, 0.15) is 0 Å². The molecule has 1 atom stereocenters. The van der Waals surface area contributed by atoms with Gasteiger partial charge in [0.05, 0.1) is 0 Å². The molecule has 18 heavy (non-hydrogen) atoms. The van der Waals surface area contributed by atoms with Crippen LogP contribution in [0.2, 0.25) is 5.02 Å². The van der Waals surface area contributed by atoms with Crippen molar-refractivity contribution in [2.75, 3.05) is 24.5 Å². The summed E-state index contributed by atoms with van der Waals surface area (Å²) in [6.45, 7) is 7.73. The molecule has 0 radical (unpaired) electrons. The Kier molecular flexibility index (Phi) is 4.18. The van der Waals surface area contributed by atoms with E-state index in [1.165, 1.54) is 12.1 Å². The van der Waals surface area contributed by atoms with Crippen LogP contribution in [0.25, 0.3) is 0 Å². The van der Waals surface area contributed by atoms with E-state index in [0.717, 1.165) is 37.0 Å². The van der Waals surface area contributed by atoms with Gasteiger partial charge in [-0.1, -0.05) is 25.4 Å². The van der Waals surface area contributed by atoms with E-state index in [4.69, 9.17) is 17.3 Å². The second-order valence-corrected chi connectivity index (χ2v) is 6.39. The number of halogens is 1. The first-order chi connectivity index (χ1) is 8.53. The second-order valence-electron chi connectivity index (χ2n) is 5.95. The summed E-state index contributed by atoms with van der Waals surface area (Å²) in [5.41, 5.74) is 7.32. The van der Waals surface area contributed by atoms with Crippen LogP contribution in [0.1, 0.15) is 26.7 Å². The standard InChI is InChI=1S/C15H23ClN2/c1-15(2)11-18(10-8-12(15)7-9-17)14-5-3-13(16)4-6-14/h3-6,12H,7-11,17H2,1-2H3. The van der Waals surface area contributed by atoms with Gasteiger partial charge in [-0.25, -0.2) is 0 Å². The minimum atomic E-state index is 0.331. The van der Waals surface area contributed by atoms with Crippen molar-refractivity contribution < 1.29 is 0 Å². The van der Waals surface area contributed by atoms with Crippen molar-refractivity contribution in [3.8, 4) is 0 Å². The van der Waals surface area contributed by atoms with Gasteiger partial charge < -0.3 is 10.6 Å². The van der Waals surface area contributed by atoms with Crippen LogP contribution in [0.4, 0.5) is 5.69 Å². The highest BCUT2D eigenvalue weighted by Crippen LogP contribution is 2.38. The summed E-state index contributed by atoms with van der Waals surface area (Å²) >= 11 is 5.94. The molecule has 100 valence electrons. The number of hydrogen-bond acceptors (Lipinski definition) is 2. The molecule has 2 N–H and O–H groups in total. The minimum Gasteiger partial charge on any atom is -0.371 e. The molecule has 0 aliphatic carbocycles. The Labute approximate surface area is 115 Å². The van der Waals surface area contributed by atoms with Crippen LogP contribution in [0.5, 0.6) is 0 Å². The molecule has 0 aromatic heterocycles. The predicted octanol–water partition coefficient (Wildman–Crippen LogP) is 3.54. The van der Waals surface area contributed by atoms with Crippen molar-refractivity contribution in [3.05, 3.63) is 29.3 Å². The van der Waals surface area contributed by atoms with Crippen LogP contribution in [0, 0.1) is 11.3 Å². The summed E-state index contributed by atoms with van der Waals surface area (Å²) in [6.07, 6.45) is 2.37. The molecule has 2 nitrogen and oxygen atoms in total. The molecule has 1 aliphatic rings. The summed E-state index contributed by atoms with van der Waals surface area (Å²) < 4.78 is 0. The van der Waals surface area contributed by atoms with E-state index >= 15 is 0 Å². The summed E-state index contributed by atoms with van der Waals surface area (Å²) in [6, 6.07) is 8.16. The van der Waals surface area contributed by atoms with Gasteiger partial charge in [-0.3, -0.25) is 0 Å². The van der Waals surface area contributed by atoms with E-state index in [2.05, 4.69) is 30.9 Å². The second kappa shape index (κ2) is 5.50. The largest absolute Gasteiger partial charge is 0.371 e. The Morgan fingerprint density at radius 2 is 2.00 bits per heavy atom. The van der Waals surface area contributed by atoms with Crippen LogP contribution in [-0.4, -0.2) is 19.6 Å². The van der Waals surface area contributed by atoms with Crippen molar-refractivity contribution in [1.82, 2.24) is 0 Å². The average Bonchev–Trinajstić information content (AvgIpc) is 2.32. The zero-order valence-electron chi connectivity index (χ0n) is 11.3. The molecule has 0 amide bonds. The van der Waals surface area contributed by atoms with Gasteiger partial charge in [0.15, 0.2) is 0 Å². The van der Waals surface area contributed by atoms with E-state index in [-0.39, 0.29) is 0 Å². The Hall–Kier alpha value is -0.730. The molecule has 1 aromatic carbocycles. The Morgan fingerprint density at radius 3 is 2.56 bits per heavy atom. The Morgan fingerprint density at radius 1 is 1.33 bits per heavy atom. The molecule has 1 aliphatic heterocycles. The Balaban J connectivity index is 2.08. The lowest BCUT2D eigenvalue weighted by Crippen LogP contribution is -2.46. The van der Waals surface area contributed by atoms with Crippen molar-refractivity contribution in [2.24, 2.45) is 17.1 Å². The van der Waals surface area contributed by atoms with Crippen molar-refractivity contribution >= 4 is 17.3 Å². The predicted molar refractivity (Wildman–Crippen MR) is 79.2 cm³/mol. The molecular weight excluding hydrogens is 244 g/mol. The van der Waals surface area contributed by atoms with Crippen LogP contribution in [-0.2, 0) is 0 Å². The monoisotopic (exact) mass is 266 g/mol. The maximum absolute atomic E-state index is 5.94. The maximum Gasteiger partial charge on any atom is 0.0407 e. The first-order valence-corrected chi connectivity index (χ1v) is 7.11. The van der Waals surface area contributed by atoms with Gasteiger partial charge in [-0.05, 0) is 55.0 Å². The number of nitrogens with zero attached hydrogens (tertiary/aromatic N) is 1. The lowest BCUT2D eigenvalue weighted by Gasteiger charge is -2.45. The fraction of sp³-hybridized carbons (Fsp3) is 0.600. The van der Waals surface area contributed by atoms with Gasteiger partial charge in [-0.15, -0.1) is 0 Å². The SMILES string of the molecule is CC1(C)CN(c2ccc(Cl)cc2)CCC1CCN. The summed E-state index contributed by atoms with van der Waals surface area (Å²) in [5, 5.41) is 0.802. The van der Waals surface area contributed by atoms with Gasteiger partial charge in [0.25, 0.3) is 0 Å². The fourth-order valence-corrected chi connectivity index (χ4v) is 3.14. The van der Waals surface area contributed by atoms with Crippen LogP contribution < -0.4 is 10.6 Å². The van der Waals surface area contributed by atoms with Crippen LogP contribution >= 0.6 is 11.6 Å². The maximum atomic E-state index is 5.94. The van der Waals surface area contributed by atoms with Crippen molar-refractivity contribution in [2.45, 2.75) is 26.7 Å². The highest BCUT2D eigenvalue weighted by molar-refractivity contribution is 6.30. The molecule has 0 saturated carbocycles. The van der Waals surface area contributed by atoms with E-state index in [0.29, 0.717) is 5.41 Å². The molecular formula is C15H23ClN2. The molecule has 1 unspecified atom stereocenters. The molecule has 1 saturated heterocycles. The zero-order valence-corrected chi connectivity index (χ0v) is 12.1. The topological polar surface area (TPSA) is 29.3 Å². The zero-order chi connectivity index (χ0) is 13.2. The molecule has 1 aromatic rings. The minimum absolute atomic E-state index is 0.331. The third-order valence-electron chi connectivity index (χ3n) is 4.16. The number of benzene rings is 1. The van der Waals surface area contributed by atoms with Crippen molar-refractivity contribution in [1.29, 1.82) is 0 Å². The van der Waals surface area contributed by atoms with E-state index < -0.39 is 0 Å². The molecule has 2 rings (SSSR count). The normalized spacial score (nSPS) is 23.1. The number of nitrogens with two attached hydrogens (primary N) is 1. The average molecular weight is 267 g/mol. The highest BCUT2D eigenvalue weighted by atomic mass is 35.5. The summed E-state index contributed by atoms with van der Waals surface area (Å²) in [5.74, 6) is 0.742. The molecule has 0 spiro atoms. The molecule has 1 heterocycles.